The molecule has 7 nitrogen and oxygen atoms in total. The zero-order valence-corrected chi connectivity index (χ0v) is 16.6. The number of amides is 1. The Morgan fingerprint density at radius 3 is 2.80 bits per heavy atom. The predicted molar refractivity (Wildman–Crippen MR) is 115 cm³/mol. The summed E-state index contributed by atoms with van der Waals surface area (Å²) < 4.78 is 1.95. The van der Waals surface area contributed by atoms with E-state index >= 15 is 0 Å². The molecule has 1 amide bonds. The van der Waals surface area contributed by atoms with Gasteiger partial charge in [-0.25, -0.2) is 4.98 Å². The van der Waals surface area contributed by atoms with E-state index in [1.54, 1.807) is 30.7 Å². The van der Waals surface area contributed by atoms with Crippen molar-refractivity contribution in [2.75, 3.05) is 0 Å². The van der Waals surface area contributed by atoms with Crippen LogP contribution < -0.4 is 10.9 Å². The molecule has 152 valence electrons. The molecular weight excluding hydrogens is 378 g/mol. The van der Waals surface area contributed by atoms with E-state index in [4.69, 9.17) is 0 Å². The molecule has 3 heterocycles. The van der Waals surface area contributed by atoms with Gasteiger partial charge >= 0.3 is 0 Å². The molecule has 3 aromatic heterocycles. The maximum atomic E-state index is 12.8. The van der Waals surface area contributed by atoms with E-state index in [0.29, 0.717) is 29.1 Å². The summed E-state index contributed by atoms with van der Waals surface area (Å²) in [5.41, 5.74) is 3.35. The number of carbonyl (C=O) groups excluding carboxylic acids is 1. The van der Waals surface area contributed by atoms with Gasteiger partial charge in [0.2, 0.25) is 0 Å². The van der Waals surface area contributed by atoms with Gasteiger partial charge in [0, 0.05) is 30.4 Å². The summed E-state index contributed by atoms with van der Waals surface area (Å²) >= 11 is 0. The summed E-state index contributed by atoms with van der Waals surface area (Å²) in [5.74, 6) is 1.10. The first-order valence-corrected chi connectivity index (χ1v) is 10.4. The topological polar surface area (TPSA) is 92.1 Å². The largest absolute Gasteiger partial charge is 0.348 e. The SMILES string of the molecule is O=C(NCc1cccnc1)c1ccc2[nH]c(=O)c3cnc(C4CCCCC4)n3c2c1. The second-order valence-electron chi connectivity index (χ2n) is 7.90. The lowest BCUT2D eigenvalue weighted by molar-refractivity contribution is 0.0951. The average molecular weight is 401 g/mol. The van der Waals surface area contributed by atoms with Crippen LogP contribution >= 0.6 is 0 Å². The van der Waals surface area contributed by atoms with E-state index < -0.39 is 0 Å². The number of hydrogen-bond donors (Lipinski definition) is 2. The Morgan fingerprint density at radius 2 is 2.00 bits per heavy atom. The highest BCUT2D eigenvalue weighted by Gasteiger charge is 2.22. The van der Waals surface area contributed by atoms with Gasteiger partial charge in [-0.15, -0.1) is 0 Å². The molecule has 1 saturated carbocycles. The molecule has 1 fully saturated rings. The summed E-state index contributed by atoms with van der Waals surface area (Å²) in [6.45, 7) is 0.407. The van der Waals surface area contributed by atoms with Crippen LogP contribution in [-0.4, -0.2) is 25.3 Å². The Kier molecular flexibility index (Phi) is 4.78. The fourth-order valence-corrected chi connectivity index (χ4v) is 4.37. The monoisotopic (exact) mass is 401 g/mol. The van der Waals surface area contributed by atoms with Crippen molar-refractivity contribution in [2.45, 2.75) is 44.6 Å². The summed E-state index contributed by atoms with van der Waals surface area (Å²) in [6, 6.07) is 9.13. The van der Waals surface area contributed by atoms with Crippen LogP contribution in [-0.2, 0) is 6.54 Å². The van der Waals surface area contributed by atoms with Gasteiger partial charge < -0.3 is 10.3 Å². The molecule has 2 N–H and O–H groups in total. The Hall–Kier alpha value is -3.48. The third-order valence-electron chi connectivity index (χ3n) is 5.92. The minimum Gasteiger partial charge on any atom is -0.348 e. The van der Waals surface area contributed by atoms with Crippen molar-refractivity contribution >= 4 is 22.5 Å². The van der Waals surface area contributed by atoms with Gasteiger partial charge in [-0.05, 0) is 42.7 Å². The Balaban J connectivity index is 1.54. The Morgan fingerprint density at radius 1 is 1.13 bits per heavy atom. The highest BCUT2D eigenvalue weighted by Crippen LogP contribution is 2.33. The van der Waals surface area contributed by atoms with Crippen molar-refractivity contribution < 1.29 is 4.79 Å². The number of aromatic nitrogens is 4. The number of aromatic amines is 1. The molecule has 1 aliphatic rings. The van der Waals surface area contributed by atoms with Gasteiger partial charge in [-0.2, -0.15) is 0 Å². The van der Waals surface area contributed by atoms with Crippen LogP contribution in [0.1, 0.15) is 59.8 Å². The van der Waals surface area contributed by atoms with Crippen LogP contribution in [0.25, 0.3) is 16.6 Å². The molecular formula is C23H23N5O2. The number of rotatable bonds is 4. The lowest BCUT2D eigenvalue weighted by atomic mass is 9.88. The number of hydrogen-bond acceptors (Lipinski definition) is 4. The number of imidazole rings is 1. The Bertz CT molecular complexity index is 1270. The number of fused-ring (bicyclic) bond motifs is 3. The van der Waals surface area contributed by atoms with E-state index in [1.165, 1.54) is 19.3 Å². The minimum atomic E-state index is -0.167. The van der Waals surface area contributed by atoms with Crippen LogP contribution in [0.4, 0.5) is 0 Å². The van der Waals surface area contributed by atoms with Crippen molar-refractivity contribution in [1.29, 1.82) is 0 Å². The first-order valence-electron chi connectivity index (χ1n) is 10.4. The number of pyridine rings is 1. The molecule has 0 atom stereocenters. The molecule has 7 heteroatoms. The van der Waals surface area contributed by atoms with E-state index in [1.807, 2.05) is 22.6 Å². The molecule has 5 rings (SSSR count). The van der Waals surface area contributed by atoms with Crippen molar-refractivity contribution in [1.82, 2.24) is 24.7 Å². The van der Waals surface area contributed by atoms with Gasteiger partial charge in [-0.1, -0.05) is 25.3 Å². The average Bonchev–Trinajstić information content (AvgIpc) is 3.25. The van der Waals surface area contributed by atoms with Crippen LogP contribution in [0.15, 0.2) is 53.7 Å². The third kappa shape index (κ3) is 3.36. The zero-order valence-electron chi connectivity index (χ0n) is 16.6. The van der Waals surface area contributed by atoms with Crippen LogP contribution in [0.2, 0.25) is 0 Å². The number of nitrogens with one attached hydrogen (secondary N) is 2. The van der Waals surface area contributed by atoms with E-state index in [-0.39, 0.29) is 11.5 Å². The maximum absolute atomic E-state index is 12.8. The molecule has 0 spiro atoms. The molecule has 4 aromatic rings. The number of nitrogens with zero attached hydrogens (tertiary/aromatic N) is 3. The molecule has 0 unspecified atom stereocenters. The smallest absolute Gasteiger partial charge is 0.274 e. The summed E-state index contributed by atoms with van der Waals surface area (Å²) in [7, 11) is 0. The molecule has 0 aliphatic heterocycles. The number of H-pyrrole nitrogens is 1. The lowest BCUT2D eigenvalue weighted by Gasteiger charge is -2.21. The van der Waals surface area contributed by atoms with E-state index in [9.17, 15) is 9.59 Å². The normalized spacial score (nSPS) is 14.9. The lowest BCUT2D eigenvalue weighted by Crippen LogP contribution is -2.23. The van der Waals surface area contributed by atoms with Gasteiger partial charge in [0.15, 0.2) is 0 Å². The predicted octanol–water partition coefficient (Wildman–Crippen LogP) is 3.55. The molecule has 0 bridgehead atoms. The summed E-state index contributed by atoms with van der Waals surface area (Å²) in [5, 5.41) is 2.94. The van der Waals surface area contributed by atoms with Gasteiger partial charge in [0.1, 0.15) is 11.3 Å². The van der Waals surface area contributed by atoms with Gasteiger partial charge in [0.25, 0.3) is 11.5 Å². The summed E-state index contributed by atoms with van der Waals surface area (Å²) in [4.78, 5) is 36.9. The number of benzene rings is 1. The van der Waals surface area contributed by atoms with Crippen molar-refractivity contribution in [3.63, 3.8) is 0 Å². The molecule has 0 radical (unpaired) electrons. The quantitative estimate of drug-likeness (QED) is 0.547. The molecule has 1 aromatic carbocycles. The summed E-state index contributed by atoms with van der Waals surface area (Å²) in [6.07, 6.45) is 10.9. The number of carbonyl (C=O) groups is 1. The van der Waals surface area contributed by atoms with Gasteiger partial charge in [-0.3, -0.25) is 19.0 Å². The van der Waals surface area contributed by atoms with E-state index in [0.717, 1.165) is 29.7 Å². The second-order valence-corrected chi connectivity index (χ2v) is 7.90. The highest BCUT2D eigenvalue weighted by molar-refractivity contribution is 5.97. The molecule has 30 heavy (non-hydrogen) atoms. The molecule has 0 saturated heterocycles. The van der Waals surface area contributed by atoms with Crippen LogP contribution in [0.3, 0.4) is 0 Å². The van der Waals surface area contributed by atoms with Crippen molar-refractivity contribution in [3.05, 3.63) is 76.2 Å². The minimum absolute atomic E-state index is 0.161. The second kappa shape index (κ2) is 7.74. The van der Waals surface area contributed by atoms with E-state index in [2.05, 4.69) is 20.3 Å². The molecule has 1 aliphatic carbocycles. The third-order valence-corrected chi connectivity index (χ3v) is 5.92. The highest BCUT2D eigenvalue weighted by atomic mass is 16.1. The maximum Gasteiger partial charge on any atom is 0.274 e. The van der Waals surface area contributed by atoms with Crippen LogP contribution in [0, 0.1) is 0 Å². The first kappa shape index (κ1) is 18.5. The van der Waals surface area contributed by atoms with Crippen LogP contribution in [0.5, 0.6) is 0 Å². The van der Waals surface area contributed by atoms with Crippen molar-refractivity contribution in [3.8, 4) is 0 Å². The first-order chi connectivity index (χ1) is 14.7. The fourth-order valence-electron chi connectivity index (χ4n) is 4.37. The van der Waals surface area contributed by atoms with Crippen molar-refractivity contribution in [2.24, 2.45) is 0 Å². The Labute approximate surface area is 173 Å². The zero-order chi connectivity index (χ0) is 20.5. The fraction of sp³-hybridized carbons (Fsp3) is 0.304. The standard InChI is InChI=1S/C23H23N5O2/c29-22(26-13-15-5-4-10-24-12-15)17-8-9-18-19(11-17)28-20(23(30)27-18)14-25-21(28)16-6-2-1-3-7-16/h4-5,8-12,14,16H,1-3,6-7,13H2,(H,26,29)(H,27,30). The van der Waals surface area contributed by atoms with Gasteiger partial charge in [0.05, 0.1) is 17.2 Å².